The molecule has 1 heterocycles. The second-order valence-corrected chi connectivity index (χ2v) is 4.36. The van der Waals surface area contributed by atoms with Crippen LogP contribution in [0, 0.1) is 5.92 Å². The third-order valence-electron chi connectivity index (χ3n) is 3.43. The molecule has 0 spiro atoms. The SMILES string of the molecule is CCn1c(C2CC(O)C(CN)C2)n[nH]c1=O.Cl. The maximum Gasteiger partial charge on any atom is 0.343 e. The van der Waals surface area contributed by atoms with E-state index in [9.17, 15) is 9.90 Å². The van der Waals surface area contributed by atoms with Gasteiger partial charge in [-0.1, -0.05) is 0 Å². The number of aromatic amines is 1. The fraction of sp³-hybridized carbons (Fsp3) is 0.800. The summed E-state index contributed by atoms with van der Waals surface area (Å²) in [5, 5.41) is 16.3. The van der Waals surface area contributed by atoms with Crippen molar-refractivity contribution >= 4 is 12.4 Å². The Morgan fingerprint density at radius 3 is 2.82 bits per heavy atom. The average Bonchev–Trinajstić information content (AvgIpc) is 2.81. The van der Waals surface area contributed by atoms with Crippen molar-refractivity contribution in [2.45, 2.75) is 38.3 Å². The Balaban J connectivity index is 0.00000144. The monoisotopic (exact) mass is 262 g/mol. The summed E-state index contributed by atoms with van der Waals surface area (Å²) in [6, 6.07) is 0. The van der Waals surface area contributed by atoms with Crippen LogP contribution in [0.25, 0.3) is 0 Å². The van der Waals surface area contributed by atoms with Gasteiger partial charge < -0.3 is 10.8 Å². The summed E-state index contributed by atoms with van der Waals surface area (Å²) in [6.45, 7) is 3.00. The molecule has 1 aromatic rings. The van der Waals surface area contributed by atoms with Crippen LogP contribution in [0.15, 0.2) is 4.79 Å². The fourth-order valence-corrected chi connectivity index (χ4v) is 2.51. The number of aliphatic hydroxyl groups is 1. The van der Waals surface area contributed by atoms with Crippen LogP contribution in [0.2, 0.25) is 0 Å². The molecule has 1 aliphatic rings. The van der Waals surface area contributed by atoms with Crippen LogP contribution in [0.1, 0.15) is 31.5 Å². The zero-order valence-corrected chi connectivity index (χ0v) is 10.6. The standard InChI is InChI=1S/C10H18N4O2.ClH/c1-2-14-9(12-13-10(14)16)6-3-7(5-11)8(15)4-6;/h6-8,15H,2-5,11H2,1H3,(H,13,16);1H. The van der Waals surface area contributed by atoms with Crippen LogP contribution >= 0.6 is 12.4 Å². The van der Waals surface area contributed by atoms with Gasteiger partial charge in [0.2, 0.25) is 0 Å². The van der Waals surface area contributed by atoms with Gasteiger partial charge in [-0.3, -0.25) is 4.57 Å². The van der Waals surface area contributed by atoms with E-state index in [1.807, 2.05) is 6.92 Å². The van der Waals surface area contributed by atoms with Crippen LogP contribution in [0.4, 0.5) is 0 Å². The van der Waals surface area contributed by atoms with E-state index in [0.29, 0.717) is 19.5 Å². The Hall–Kier alpha value is -0.850. The van der Waals surface area contributed by atoms with Crippen LogP contribution in [-0.2, 0) is 6.54 Å². The lowest BCUT2D eigenvalue weighted by Gasteiger charge is -2.09. The van der Waals surface area contributed by atoms with Crippen LogP contribution in [-0.4, -0.2) is 32.5 Å². The summed E-state index contributed by atoms with van der Waals surface area (Å²) >= 11 is 0. The highest BCUT2D eigenvalue weighted by Gasteiger charge is 2.35. The van der Waals surface area contributed by atoms with Crippen LogP contribution in [0.3, 0.4) is 0 Å². The lowest BCUT2D eigenvalue weighted by molar-refractivity contribution is 0.136. The van der Waals surface area contributed by atoms with Crippen molar-refractivity contribution in [3.63, 3.8) is 0 Å². The average molecular weight is 263 g/mol. The Morgan fingerprint density at radius 2 is 2.29 bits per heavy atom. The van der Waals surface area contributed by atoms with Crippen molar-refractivity contribution in [3.05, 3.63) is 16.3 Å². The number of halogens is 1. The van der Waals surface area contributed by atoms with Gasteiger partial charge in [0, 0.05) is 12.5 Å². The van der Waals surface area contributed by atoms with Crippen molar-refractivity contribution in [1.82, 2.24) is 14.8 Å². The van der Waals surface area contributed by atoms with Gasteiger partial charge in [-0.05, 0) is 32.2 Å². The molecule has 1 aromatic heterocycles. The van der Waals surface area contributed by atoms with E-state index in [1.54, 1.807) is 4.57 Å². The molecule has 7 heteroatoms. The van der Waals surface area contributed by atoms with Gasteiger partial charge in [0.05, 0.1) is 6.10 Å². The normalized spacial score (nSPS) is 28.1. The summed E-state index contributed by atoms with van der Waals surface area (Å²) in [6.07, 6.45) is 1.08. The van der Waals surface area contributed by atoms with E-state index in [-0.39, 0.29) is 36.0 Å². The number of nitrogens with zero attached hydrogens (tertiary/aromatic N) is 2. The first-order valence-corrected chi connectivity index (χ1v) is 5.70. The second-order valence-electron chi connectivity index (χ2n) is 4.36. The van der Waals surface area contributed by atoms with Gasteiger partial charge >= 0.3 is 5.69 Å². The third kappa shape index (κ3) is 2.53. The van der Waals surface area contributed by atoms with E-state index in [0.717, 1.165) is 12.2 Å². The van der Waals surface area contributed by atoms with Gasteiger partial charge in [0.1, 0.15) is 5.82 Å². The molecule has 0 bridgehead atoms. The minimum absolute atomic E-state index is 0. The topological polar surface area (TPSA) is 96.9 Å². The second kappa shape index (κ2) is 5.66. The highest BCUT2D eigenvalue weighted by molar-refractivity contribution is 5.85. The fourth-order valence-electron chi connectivity index (χ4n) is 2.51. The Labute approximate surface area is 106 Å². The highest BCUT2D eigenvalue weighted by atomic mass is 35.5. The van der Waals surface area contributed by atoms with E-state index >= 15 is 0 Å². The largest absolute Gasteiger partial charge is 0.393 e. The van der Waals surface area contributed by atoms with E-state index in [4.69, 9.17) is 5.73 Å². The Morgan fingerprint density at radius 1 is 1.59 bits per heavy atom. The smallest absolute Gasteiger partial charge is 0.343 e. The molecule has 6 nitrogen and oxygen atoms in total. The molecule has 0 aromatic carbocycles. The molecule has 0 aliphatic heterocycles. The first-order chi connectivity index (χ1) is 7.67. The quantitative estimate of drug-likeness (QED) is 0.704. The minimum atomic E-state index is -0.368. The van der Waals surface area contributed by atoms with Crippen molar-refractivity contribution in [2.24, 2.45) is 11.7 Å². The number of aliphatic hydroxyl groups excluding tert-OH is 1. The predicted molar refractivity (Wildman–Crippen MR) is 66.3 cm³/mol. The van der Waals surface area contributed by atoms with Gasteiger partial charge in [-0.25, -0.2) is 9.89 Å². The van der Waals surface area contributed by atoms with E-state index < -0.39 is 0 Å². The van der Waals surface area contributed by atoms with Gasteiger partial charge in [0.15, 0.2) is 0 Å². The van der Waals surface area contributed by atoms with Crippen LogP contribution < -0.4 is 11.4 Å². The maximum atomic E-state index is 11.4. The molecule has 98 valence electrons. The molecule has 0 radical (unpaired) electrons. The summed E-state index contributed by atoms with van der Waals surface area (Å²) in [7, 11) is 0. The molecule has 1 fully saturated rings. The van der Waals surface area contributed by atoms with E-state index in [1.165, 1.54) is 0 Å². The molecular formula is C10H19ClN4O2. The number of hydrogen-bond donors (Lipinski definition) is 3. The zero-order chi connectivity index (χ0) is 11.7. The number of rotatable bonds is 3. The molecule has 2 rings (SSSR count). The van der Waals surface area contributed by atoms with Gasteiger partial charge in [-0.2, -0.15) is 5.10 Å². The third-order valence-corrected chi connectivity index (χ3v) is 3.43. The molecular weight excluding hydrogens is 244 g/mol. The highest BCUT2D eigenvalue weighted by Crippen LogP contribution is 2.36. The molecule has 0 saturated heterocycles. The number of aromatic nitrogens is 3. The zero-order valence-electron chi connectivity index (χ0n) is 9.80. The summed E-state index contributed by atoms with van der Waals surface area (Å²) in [5.74, 6) is 1.02. The number of hydrogen-bond acceptors (Lipinski definition) is 4. The minimum Gasteiger partial charge on any atom is -0.393 e. The molecule has 0 amide bonds. The van der Waals surface area contributed by atoms with Crippen molar-refractivity contribution in [1.29, 1.82) is 0 Å². The summed E-state index contributed by atoms with van der Waals surface area (Å²) in [4.78, 5) is 11.4. The Bertz CT molecular complexity index is 417. The molecule has 3 unspecified atom stereocenters. The van der Waals surface area contributed by atoms with Gasteiger partial charge in [0.25, 0.3) is 0 Å². The molecule has 1 aliphatic carbocycles. The van der Waals surface area contributed by atoms with Crippen molar-refractivity contribution in [2.75, 3.05) is 6.54 Å². The first kappa shape index (κ1) is 14.2. The first-order valence-electron chi connectivity index (χ1n) is 5.70. The van der Waals surface area contributed by atoms with Crippen molar-refractivity contribution in [3.8, 4) is 0 Å². The van der Waals surface area contributed by atoms with E-state index in [2.05, 4.69) is 10.2 Å². The maximum absolute atomic E-state index is 11.4. The summed E-state index contributed by atoms with van der Waals surface area (Å²) in [5.41, 5.74) is 5.41. The molecule has 17 heavy (non-hydrogen) atoms. The predicted octanol–water partition coefficient (Wildman–Crippen LogP) is -0.174. The van der Waals surface area contributed by atoms with Crippen LogP contribution in [0.5, 0.6) is 0 Å². The number of H-pyrrole nitrogens is 1. The Kier molecular flexibility index (Phi) is 4.73. The van der Waals surface area contributed by atoms with Crippen molar-refractivity contribution < 1.29 is 5.11 Å². The molecule has 1 saturated carbocycles. The lowest BCUT2D eigenvalue weighted by Crippen LogP contribution is -2.21. The molecule has 3 atom stereocenters. The summed E-state index contributed by atoms with van der Waals surface area (Å²) < 4.78 is 1.62. The molecule has 4 N–H and O–H groups in total. The number of nitrogens with two attached hydrogens (primary N) is 1. The number of nitrogens with one attached hydrogen (secondary N) is 1. The lowest BCUT2D eigenvalue weighted by atomic mass is 10.0. The van der Waals surface area contributed by atoms with Gasteiger partial charge in [-0.15, -0.1) is 12.4 Å².